The second-order valence-corrected chi connectivity index (χ2v) is 4.46. The molecular weight excluding hydrogens is 278 g/mol. The molecule has 20 heavy (non-hydrogen) atoms. The monoisotopic (exact) mass is 289 g/mol. The van der Waals surface area contributed by atoms with E-state index in [-0.39, 0.29) is 11.7 Å². The molecule has 2 aromatic rings. The van der Waals surface area contributed by atoms with Crippen molar-refractivity contribution in [2.75, 3.05) is 5.32 Å². The van der Waals surface area contributed by atoms with E-state index in [0.717, 1.165) is 0 Å². The highest BCUT2D eigenvalue weighted by molar-refractivity contribution is 6.30. The number of nitrogens with zero attached hydrogens (tertiary/aromatic N) is 1. The van der Waals surface area contributed by atoms with Gasteiger partial charge in [-0.1, -0.05) is 28.9 Å². The van der Waals surface area contributed by atoms with Gasteiger partial charge in [0.05, 0.1) is 0 Å². The van der Waals surface area contributed by atoms with E-state index in [1.54, 1.807) is 48.5 Å². The Hall–Kier alpha value is -2.53. The number of hydrogen-bond donors (Lipinski definition) is 3. The summed E-state index contributed by atoms with van der Waals surface area (Å²) in [7, 11) is 0. The second-order valence-electron chi connectivity index (χ2n) is 4.02. The highest BCUT2D eigenvalue weighted by Gasteiger charge is 2.07. The van der Waals surface area contributed by atoms with E-state index in [1.807, 2.05) is 0 Å². The smallest absolute Gasteiger partial charge is 0.255 e. The summed E-state index contributed by atoms with van der Waals surface area (Å²) in [5, 5.41) is 14.8. The summed E-state index contributed by atoms with van der Waals surface area (Å²) in [5.41, 5.74) is 7.10. The van der Waals surface area contributed by atoms with Gasteiger partial charge in [-0.2, -0.15) is 0 Å². The molecule has 0 aliphatic heterocycles. The molecule has 0 heterocycles. The second kappa shape index (κ2) is 6.08. The Kier molecular flexibility index (Phi) is 4.22. The first kappa shape index (κ1) is 13.9. The predicted molar refractivity (Wildman–Crippen MR) is 78.4 cm³/mol. The maximum Gasteiger partial charge on any atom is 0.255 e. The molecule has 1 amide bonds. The SMILES string of the molecule is N/C(=N\O)c1ccc(C(=O)Nc2ccc(Cl)cc2)cc1. The summed E-state index contributed by atoms with van der Waals surface area (Å²) in [5.74, 6) is -0.256. The van der Waals surface area contributed by atoms with Crippen LogP contribution in [0.5, 0.6) is 0 Å². The molecule has 2 rings (SSSR count). The molecule has 0 saturated heterocycles. The van der Waals surface area contributed by atoms with Crippen molar-refractivity contribution in [2.24, 2.45) is 10.9 Å². The molecule has 0 aliphatic carbocycles. The molecule has 5 nitrogen and oxygen atoms in total. The summed E-state index contributed by atoms with van der Waals surface area (Å²) in [6.45, 7) is 0. The van der Waals surface area contributed by atoms with Crippen LogP contribution in [0, 0.1) is 0 Å². The lowest BCUT2D eigenvalue weighted by atomic mass is 10.1. The molecule has 0 spiro atoms. The van der Waals surface area contributed by atoms with Gasteiger partial charge in [-0.15, -0.1) is 0 Å². The van der Waals surface area contributed by atoms with E-state index in [1.165, 1.54) is 0 Å². The van der Waals surface area contributed by atoms with Crippen LogP contribution >= 0.6 is 11.6 Å². The molecule has 0 fully saturated rings. The number of anilines is 1. The van der Waals surface area contributed by atoms with E-state index in [2.05, 4.69) is 10.5 Å². The fourth-order valence-corrected chi connectivity index (χ4v) is 1.71. The topological polar surface area (TPSA) is 87.7 Å². The lowest BCUT2D eigenvalue weighted by Gasteiger charge is -2.06. The lowest BCUT2D eigenvalue weighted by molar-refractivity contribution is 0.102. The number of carbonyl (C=O) groups is 1. The van der Waals surface area contributed by atoms with E-state index < -0.39 is 0 Å². The van der Waals surface area contributed by atoms with Gasteiger partial charge in [-0.25, -0.2) is 0 Å². The Labute approximate surface area is 120 Å². The zero-order valence-corrected chi connectivity index (χ0v) is 11.1. The average Bonchev–Trinajstić information content (AvgIpc) is 2.49. The highest BCUT2D eigenvalue weighted by atomic mass is 35.5. The van der Waals surface area contributed by atoms with Crippen LogP contribution in [-0.4, -0.2) is 17.0 Å². The van der Waals surface area contributed by atoms with Crippen molar-refractivity contribution < 1.29 is 10.0 Å². The number of oxime groups is 1. The minimum absolute atomic E-state index is 0.00494. The first-order valence-electron chi connectivity index (χ1n) is 5.75. The molecular formula is C14H12ClN3O2. The quantitative estimate of drug-likeness (QED) is 0.351. The molecule has 0 radical (unpaired) electrons. The number of carbonyl (C=O) groups excluding carboxylic acids is 1. The minimum atomic E-state index is -0.251. The molecule has 0 atom stereocenters. The minimum Gasteiger partial charge on any atom is -0.409 e. The Morgan fingerprint density at radius 1 is 1.05 bits per heavy atom. The molecule has 0 aromatic heterocycles. The normalized spacial score (nSPS) is 11.2. The van der Waals surface area contributed by atoms with Gasteiger partial charge in [0.15, 0.2) is 5.84 Å². The lowest BCUT2D eigenvalue weighted by Crippen LogP contribution is -2.15. The van der Waals surface area contributed by atoms with Crippen molar-refractivity contribution >= 4 is 29.0 Å². The van der Waals surface area contributed by atoms with Crippen LogP contribution in [0.1, 0.15) is 15.9 Å². The summed E-state index contributed by atoms with van der Waals surface area (Å²) >= 11 is 5.77. The molecule has 2 aromatic carbocycles. The van der Waals surface area contributed by atoms with E-state index in [4.69, 9.17) is 22.5 Å². The first-order chi connectivity index (χ1) is 9.60. The van der Waals surface area contributed by atoms with Crippen LogP contribution in [-0.2, 0) is 0 Å². The Balaban J connectivity index is 2.11. The van der Waals surface area contributed by atoms with Crippen LogP contribution < -0.4 is 11.1 Å². The fraction of sp³-hybridized carbons (Fsp3) is 0. The third-order valence-corrected chi connectivity index (χ3v) is 2.90. The van der Waals surface area contributed by atoms with E-state index in [9.17, 15) is 4.79 Å². The van der Waals surface area contributed by atoms with Crippen molar-refractivity contribution in [3.8, 4) is 0 Å². The van der Waals surface area contributed by atoms with Gasteiger partial charge >= 0.3 is 0 Å². The van der Waals surface area contributed by atoms with Crippen LogP contribution in [0.2, 0.25) is 5.02 Å². The molecule has 0 aliphatic rings. The Morgan fingerprint density at radius 3 is 2.15 bits per heavy atom. The summed E-state index contributed by atoms with van der Waals surface area (Å²) in [6.07, 6.45) is 0. The maximum absolute atomic E-state index is 12.0. The summed E-state index contributed by atoms with van der Waals surface area (Å²) in [6, 6.07) is 13.2. The highest BCUT2D eigenvalue weighted by Crippen LogP contribution is 2.14. The maximum atomic E-state index is 12.0. The summed E-state index contributed by atoms with van der Waals surface area (Å²) in [4.78, 5) is 12.0. The molecule has 6 heteroatoms. The fourth-order valence-electron chi connectivity index (χ4n) is 1.59. The number of halogens is 1. The average molecular weight is 290 g/mol. The van der Waals surface area contributed by atoms with Gasteiger partial charge in [0.1, 0.15) is 0 Å². The van der Waals surface area contributed by atoms with Crippen LogP contribution in [0.25, 0.3) is 0 Å². The largest absolute Gasteiger partial charge is 0.409 e. The number of nitrogens with one attached hydrogen (secondary N) is 1. The van der Waals surface area contributed by atoms with Gasteiger partial charge < -0.3 is 16.3 Å². The van der Waals surface area contributed by atoms with Gasteiger partial charge in [-0.05, 0) is 36.4 Å². The molecule has 0 bridgehead atoms. The number of amidine groups is 1. The number of rotatable bonds is 3. The van der Waals surface area contributed by atoms with Gasteiger partial charge in [0.2, 0.25) is 0 Å². The number of benzene rings is 2. The van der Waals surface area contributed by atoms with Crippen molar-refractivity contribution in [1.29, 1.82) is 0 Å². The number of hydrogen-bond acceptors (Lipinski definition) is 3. The zero-order valence-electron chi connectivity index (χ0n) is 10.4. The predicted octanol–water partition coefficient (Wildman–Crippen LogP) is 2.69. The van der Waals surface area contributed by atoms with Crippen LogP contribution in [0.3, 0.4) is 0 Å². The van der Waals surface area contributed by atoms with Crippen molar-refractivity contribution in [3.05, 3.63) is 64.7 Å². The van der Waals surface area contributed by atoms with Crippen molar-refractivity contribution in [2.45, 2.75) is 0 Å². The molecule has 0 unspecified atom stereocenters. The Bertz CT molecular complexity index is 636. The molecule has 0 saturated carbocycles. The Morgan fingerprint density at radius 2 is 1.60 bits per heavy atom. The number of nitrogens with two attached hydrogens (primary N) is 1. The number of amides is 1. The third kappa shape index (κ3) is 3.27. The molecule has 4 N–H and O–H groups in total. The summed E-state index contributed by atoms with van der Waals surface area (Å²) < 4.78 is 0. The van der Waals surface area contributed by atoms with Gasteiger partial charge in [-0.3, -0.25) is 4.79 Å². The molecule has 102 valence electrons. The van der Waals surface area contributed by atoms with Crippen molar-refractivity contribution in [3.63, 3.8) is 0 Å². The van der Waals surface area contributed by atoms with E-state index in [0.29, 0.717) is 21.8 Å². The zero-order chi connectivity index (χ0) is 14.5. The first-order valence-corrected chi connectivity index (χ1v) is 6.13. The van der Waals surface area contributed by atoms with Crippen molar-refractivity contribution in [1.82, 2.24) is 0 Å². The van der Waals surface area contributed by atoms with E-state index >= 15 is 0 Å². The standard InChI is InChI=1S/C14H12ClN3O2/c15-11-5-7-12(8-6-11)17-14(19)10-3-1-9(2-4-10)13(16)18-20/h1-8,20H,(H2,16,18)(H,17,19). The van der Waals surface area contributed by atoms with Crippen LogP contribution in [0.15, 0.2) is 53.7 Å². The van der Waals surface area contributed by atoms with Gasteiger partial charge in [0.25, 0.3) is 5.91 Å². The van der Waals surface area contributed by atoms with Gasteiger partial charge in [0, 0.05) is 21.8 Å². The van der Waals surface area contributed by atoms with Crippen LogP contribution in [0.4, 0.5) is 5.69 Å². The third-order valence-electron chi connectivity index (χ3n) is 2.65.